The van der Waals surface area contributed by atoms with E-state index in [2.05, 4.69) is 32.1 Å². The Balaban J connectivity index is 1.70. The normalized spacial score (nSPS) is 20.1. The lowest BCUT2D eigenvalue weighted by Crippen LogP contribution is -2.45. The number of likely N-dealkylation sites (N-methyl/N-ethyl adjacent to an activating group) is 1. The third-order valence-corrected chi connectivity index (χ3v) is 5.85. The quantitative estimate of drug-likeness (QED) is 0.318. The SMILES string of the molecule is CCNC(=O)[C@@H](OCn1cnc2c(N)nc(C#CCC3CCC(CO)CC3)nc21)C(O)CO. The van der Waals surface area contributed by atoms with Crippen molar-refractivity contribution in [2.45, 2.75) is 58.0 Å². The van der Waals surface area contributed by atoms with E-state index in [-0.39, 0.29) is 25.0 Å². The number of aromatic nitrogens is 4. The van der Waals surface area contributed by atoms with Gasteiger partial charge in [-0.05, 0) is 50.4 Å². The Morgan fingerprint density at radius 3 is 2.70 bits per heavy atom. The fraction of sp³-hybridized carbons (Fsp3) is 0.636. The van der Waals surface area contributed by atoms with E-state index < -0.39 is 24.7 Å². The van der Waals surface area contributed by atoms with Gasteiger partial charge in [0.05, 0.1) is 12.9 Å². The number of nitrogen functional groups attached to an aromatic ring is 1. The largest absolute Gasteiger partial charge is 0.396 e. The van der Waals surface area contributed by atoms with Crippen LogP contribution in [0.3, 0.4) is 0 Å². The van der Waals surface area contributed by atoms with Crippen molar-refractivity contribution >= 4 is 22.9 Å². The van der Waals surface area contributed by atoms with Gasteiger partial charge in [-0.3, -0.25) is 9.36 Å². The summed E-state index contributed by atoms with van der Waals surface area (Å²) in [6, 6.07) is 0. The van der Waals surface area contributed by atoms with Crippen LogP contribution in [0.4, 0.5) is 5.82 Å². The molecule has 1 unspecified atom stereocenters. The second kappa shape index (κ2) is 11.9. The summed E-state index contributed by atoms with van der Waals surface area (Å²) >= 11 is 0. The molecular weight excluding hydrogens is 428 g/mol. The average molecular weight is 461 g/mol. The molecule has 2 heterocycles. The summed E-state index contributed by atoms with van der Waals surface area (Å²) in [7, 11) is 0. The van der Waals surface area contributed by atoms with Gasteiger partial charge < -0.3 is 31.1 Å². The van der Waals surface area contributed by atoms with E-state index in [0.29, 0.717) is 29.5 Å². The maximum Gasteiger partial charge on any atom is 0.252 e. The second-order valence-corrected chi connectivity index (χ2v) is 8.26. The number of nitrogens with two attached hydrogens (primary N) is 1. The summed E-state index contributed by atoms with van der Waals surface area (Å²) < 4.78 is 7.10. The first kappa shape index (κ1) is 24.9. The van der Waals surface area contributed by atoms with E-state index >= 15 is 0 Å². The van der Waals surface area contributed by atoms with Crippen LogP contribution in [-0.4, -0.2) is 72.7 Å². The Kier molecular flexibility index (Phi) is 8.96. The highest BCUT2D eigenvalue weighted by Gasteiger charge is 2.27. The van der Waals surface area contributed by atoms with Crippen molar-refractivity contribution in [3.63, 3.8) is 0 Å². The lowest BCUT2D eigenvalue weighted by Gasteiger charge is -2.25. The summed E-state index contributed by atoms with van der Waals surface area (Å²) in [4.78, 5) is 25.0. The van der Waals surface area contributed by atoms with E-state index in [1.54, 1.807) is 6.92 Å². The summed E-state index contributed by atoms with van der Waals surface area (Å²) in [5.74, 6) is 6.95. The zero-order chi connectivity index (χ0) is 23.8. The number of amides is 1. The van der Waals surface area contributed by atoms with Crippen LogP contribution in [0.5, 0.6) is 0 Å². The van der Waals surface area contributed by atoms with Crippen molar-refractivity contribution in [1.82, 2.24) is 24.8 Å². The third kappa shape index (κ3) is 6.39. The lowest BCUT2D eigenvalue weighted by molar-refractivity contribution is -0.147. The van der Waals surface area contributed by atoms with Crippen LogP contribution >= 0.6 is 0 Å². The van der Waals surface area contributed by atoms with Gasteiger partial charge >= 0.3 is 0 Å². The summed E-state index contributed by atoms with van der Waals surface area (Å²) in [6.45, 7) is 1.59. The first-order valence-corrected chi connectivity index (χ1v) is 11.2. The molecule has 3 rings (SSSR count). The number of nitrogens with one attached hydrogen (secondary N) is 1. The zero-order valence-corrected chi connectivity index (χ0v) is 18.8. The van der Waals surface area contributed by atoms with Gasteiger partial charge in [0.2, 0.25) is 5.82 Å². The molecule has 180 valence electrons. The number of hydrogen-bond donors (Lipinski definition) is 5. The minimum absolute atomic E-state index is 0.146. The van der Waals surface area contributed by atoms with Gasteiger partial charge in [0.25, 0.3) is 5.91 Å². The molecule has 0 saturated heterocycles. The molecule has 2 aromatic heterocycles. The second-order valence-electron chi connectivity index (χ2n) is 8.26. The number of hydrogen-bond acceptors (Lipinski definition) is 9. The van der Waals surface area contributed by atoms with E-state index in [4.69, 9.17) is 10.5 Å². The monoisotopic (exact) mass is 460 g/mol. The fourth-order valence-electron chi connectivity index (χ4n) is 3.90. The minimum Gasteiger partial charge on any atom is -0.396 e. The standard InChI is InChI=1S/C22H32N6O5/c1-2-24-22(32)19(16(31)11-30)33-13-28-12-25-18-20(23)26-17(27-21(18)28)5-3-4-14-6-8-15(10-29)9-7-14/h12,14-16,19,29-31H,2,4,6-11,13H2,1H3,(H,24,32)(H2,23,26,27)/t14?,15?,16?,19-/m0/s1. The number of carbonyl (C=O) groups excluding carboxylic acids is 1. The average Bonchev–Trinajstić information content (AvgIpc) is 3.23. The molecule has 6 N–H and O–H groups in total. The molecule has 11 nitrogen and oxygen atoms in total. The Morgan fingerprint density at radius 2 is 2.03 bits per heavy atom. The van der Waals surface area contributed by atoms with Gasteiger partial charge in [-0.2, -0.15) is 0 Å². The first-order chi connectivity index (χ1) is 16.0. The van der Waals surface area contributed by atoms with Crippen molar-refractivity contribution < 1.29 is 24.9 Å². The number of rotatable bonds is 9. The number of aliphatic hydroxyl groups is 3. The highest BCUT2D eigenvalue weighted by Crippen LogP contribution is 2.30. The van der Waals surface area contributed by atoms with Crippen LogP contribution in [0.2, 0.25) is 0 Å². The molecule has 0 bridgehead atoms. The molecule has 1 fully saturated rings. The van der Waals surface area contributed by atoms with Gasteiger partial charge in [0.1, 0.15) is 18.4 Å². The highest BCUT2D eigenvalue weighted by molar-refractivity contribution is 5.82. The van der Waals surface area contributed by atoms with Crippen LogP contribution in [0, 0.1) is 23.7 Å². The number of carbonyl (C=O) groups is 1. The fourth-order valence-corrected chi connectivity index (χ4v) is 3.90. The van der Waals surface area contributed by atoms with Crippen molar-refractivity contribution in [3.8, 4) is 11.8 Å². The molecule has 1 amide bonds. The van der Waals surface area contributed by atoms with E-state index in [9.17, 15) is 20.1 Å². The van der Waals surface area contributed by atoms with Crippen LogP contribution in [-0.2, 0) is 16.3 Å². The topological polar surface area (TPSA) is 169 Å². The predicted octanol–water partition coefficient (Wildman–Crippen LogP) is -0.219. The maximum absolute atomic E-state index is 12.2. The molecule has 0 aliphatic heterocycles. The molecule has 0 aromatic carbocycles. The number of imidazole rings is 1. The van der Waals surface area contributed by atoms with E-state index in [1.165, 1.54) is 10.9 Å². The Morgan fingerprint density at radius 1 is 1.30 bits per heavy atom. The maximum atomic E-state index is 12.2. The van der Waals surface area contributed by atoms with Crippen LogP contribution in [0.1, 0.15) is 44.9 Å². The minimum atomic E-state index is -1.38. The Bertz CT molecular complexity index is 992. The molecule has 11 heteroatoms. The first-order valence-electron chi connectivity index (χ1n) is 11.2. The number of fused-ring (bicyclic) bond motifs is 1. The van der Waals surface area contributed by atoms with Gasteiger partial charge in [-0.15, -0.1) is 0 Å². The molecular formula is C22H32N6O5. The third-order valence-electron chi connectivity index (χ3n) is 5.85. The van der Waals surface area contributed by atoms with Crippen LogP contribution < -0.4 is 11.1 Å². The van der Waals surface area contributed by atoms with Crippen LogP contribution in [0.15, 0.2) is 6.33 Å². The van der Waals surface area contributed by atoms with Crippen LogP contribution in [0.25, 0.3) is 11.2 Å². The number of ether oxygens (including phenoxy) is 1. The van der Waals surface area contributed by atoms with E-state index in [0.717, 1.165) is 32.1 Å². The number of nitrogens with zero attached hydrogens (tertiary/aromatic N) is 4. The summed E-state index contributed by atoms with van der Waals surface area (Å²) in [5, 5.41) is 31.0. The Hall–Kier alpha value is -2.78. The van der Waals surface area contributed by atoms with Gasteiger partial charge in [-0.1, -0.05) is 5.92 Å². The molecule has 1 saturated carbocycles. The zero-order valence-electron chi connectivity index (χ0n) is 18.8. The molecule has 0 spiro atoms. The predicted molar refractivity (Wildman–Crippen MR) is 120 cm³/mol. The summed E-state index contributed by atoms with van der Waals surface area (Å²) in [5.41, 5.74) is 6.80. The molecule has 1 aliphatic carbocycles. The van der Waals surface area contributed by atoms with Gasteiger partial charge in [-0.25, -0.2) is 15.0 Å². The Labute approximate surface area is 192 Å². The van der Waals surface area contributed by atoms with Crippen molar-refractivity contribution in [2.24, 2.45) is 11.8 Å². The smallest absolute Gasteiger partial charge is 0.252 e. The number of aliphatic hydroxyl groups excluding tert-OH is 3. The summed E-state index contributed by atoms with van der Waals surface area (Å²) in [6.07, 6.45) is 3.71. The van der Waals surface area contributed by atoms with Crippen molar-refractivity contribution in [1.29, 1.82) is 0 Å². The van der Waals surface area contributed by atoms with Gasteiger partial charge in [0, 0.05) is 19.6 Å². The molecule has 2 aromatic rings. The molecule has 0 radical (unpaired) electrons. The number of anilines is 1. The van der Waals surface area contributed by atoms with Gasteiger partial charge in [0.15, 0.2) is 17.6 Å². The highest BCUT2D eigenvalue weighted by atomic mass is 16.5. The van der Waals surface area contributed by atoms with Crippen molar-refractivity contribution in [3.05, 3.63) is 12.2 Å². The lowest BCUT2D eigenvalue weighted by atomic mass is 9.81. The molecule has 1 aliphatic rings. The molecule has 33 heavy (non-hydrogen) atoms. The van der Waals surface area contributed by atoms with E-state index in [1.807, 2.05) is 0 Å². The van der Waals surface area contributed by atoms with Crippen molar-refractivity contribution in [2.75, 3.05) is 25.5 Å². The molecule has 2 atom stereocenters.